The molecule has 0 spiro atoms. The number of dihydropyridines is 1. The number of likely N-dealkylation sites (N-methyl/N-ethyl adjacent to an activating group) is 1. The van der Waals surface area contributed by atoms with E-state index < -0.39 is 0 Å². The van der Waals surface area contributed by atoms with Gasteiger partial charge in [-0.05, 0) is 20.2 Å². The summed E-state index contributed by atoms with van der Waals surface area (Å²) in [6.07, 6.45) is 4.54. The smallest absolute Gasteiger partial charge is 0.167 e. The molecule has 1 aliphatic heterocycles. The van der Waals surface area contributed by atoms with E-state index in [1.807, 2.05) is 20.2 Å². The molecule has 0 aromatic carbocycles. The minimum absolute atomic E-state index is 0.346. The minimum Gasteiger partial charge on any atom is -0.301 e. The lowest BCUT2D eigenvalue weighted by molar-refractivity contribution is -0.102. The third kappa shape index (κ3) is 1.98. The number of aliphatic imine (C=N–C) groups is 1. The van der Waals surface area contributed by atoms with Crippen LogP contribution in [0.4, 0.5) is 0 Å². The van der Waals surface area contributed by atoms with Gasteiger partial charge in [-0.25, -0.2) is 0 Å². The first-order chi connectivity index (χ1) is 5.24. The lowest BCUT2D eigenvalue weighted by Crippen LogP contribution is -2.31. The summed E-state index contributed by atoms with van der Waals surface area (Å²) in [4.78, 5) is 16.4. The average molecular weight is 152 g/mol. The van der Waals surface area contributed by atoms with Gasteiger partial charge in [0.25, 0.3) is 0 Å². The highest BCUT2D eigenvalue weighted by Gasteiger charge is 2.10. The van der Waals surface area contributed by atoms with Crippen LogP contribution in [0.25, 0.3) is 0 Å². The Balaban J connectivity index is 2.57. The van der Waals surface area contributed by atoms with E-state index >= 15 is 0 Å². The van der Waals surface area contributed by atoms with Crippen molar-refractivity contribution in [2.45, 2.75) is 6.04 Å². The number of carbonyl (C=O) groups excluding carboxylic acids is 1. The van der Waals surface area contributed by atoms with Gasteiger partial charge in [0.1, 0.15) is 0 Å². The van der Waals surface area contributed by atoms with Crippen molar-refractivity contribution in [3.05, 3.63) is 12.2 Å². The molecule has 0 aromatic heterocycles. The van der Waals surface area contributed by atoms with E-state index in [1.165, 1.54) is 0 Å². The molecule has 0 N–H and O–H groups in total. The van der Waals surface area contributed by atoms with Gasteiger partial charge in [-0.3, -0.25) is 9.79 Å². The normalized spacial score (nSPS) is 23.5. The first kappa shape index (κ1) is 8.14. The van der Waals surface area contributed by atoms with Gasteiger partial charge in [-0.1, -0.05) is 6.08 Å². The number of hydrogen-bond acceptors (Lipinski definition) is 3. The molecule has 60 valence electrons. The molecule has 1 rings (SSSR count). The highest BCUT2D eigenvalue weighted by molar-refractivity contribution is 6.33. The molecule has 0 aromatic rings. The fourth-order valence-electron chi connectivity index (χ4n) is 0.934. The summed E-state index contributed by atoms with van der Waals surface area (Å²) in [5.41, 5.74) is 0.545. The fourth-order valence-corrected chi connectivity index (χ4v) is 0.934. The van der Waals surface area contributed by atoms with Gasteiger partial charge in [0, 0.05) is 6.04 Å². The molecule has 3 nitrogen and oxygen atoms in total. The number of allylic oxidation sites excluding steroid dienone is 1. The highest BCUT2D eigenvalue weighted by Crippen LogP contribution is 2.01. The Labute approximate surface area is 66.4 Å². The van der Waals surface area contributed by atoms with Gasteiger partial charge in [-0.2, -0.15) is 0 Å². The van der Waals surface area contributed by atoms with Crippen LogP contribution in [0.5, 0.6) is 0 Å². The van der Waals surface area contributed by atoms with Gasteiger partial charge in [0.05, 0.1) is 12.3 Å². The van der Waals surface area contributed by atoms with E-state index in [4.69, 9.17) is 0 Å². The van der Waals surface area contributed by atoms with Gasteiger partial charge in [0.2, 0.25) is 0 Å². The number of carbonyl (C=O) groups is 1. The Morgan fingerprint density at radius 2 is 2.45 bits per heavy atom. The molecule has 0 saturated carbocycles. The Hall–Kier alpha value is -0.960. The van der Waals surface area contributed by atoms with Crippen LogP contribution < -0.4 is 0 Å². The topological polar surface area (TPSA) is 32.7 Å². The minimum atomic E-state index is 0.346. The number of rotatable bonds is 2. The first-order valence-corrected chi connectivity index (χ1v) is 3.58. The molecule has 1 atom stereocenters. The van der Waals surface area contributed by atoms with Crippen molar-refractivity contribution in [3.8, 4) is 0 Å². The average Bonchev–Trinajstić information content (AvgIpc) is 2.05. The lowest BCUT2D eigenvalue weighted by Gasteiger charge is -2.20. The Morgan fingerprint density at radius 1 is 1.73 bits per heavy atom. The molecular formula is C8H12N2O. The van der Waals surface area contributed by atoms with E-state index in [-0.39, 0.29) is 0 Å². The Kier molecular flexibility index (Phi) is 2.54. The molecule has 1 heterocycles. The van der Waals surface area contributed by atoms with Crippen molar-refractivity contribution in [1.82, 2.24) is 4.90 Å². The van der Waals surface area contributed by atoms with Gasteiger partial charge in [0.15, 0.2) is 6.29 Å². The maximum Gasteiger partial charge on any atom is 0.167 e. The third-order valence-electron chi connectivity index (χ3n) is 1.73. The summed E-state index contributed by atoms with van der Waals surface area (Å²) in [5.74, 6) is 0. The molecule has 0 saturated heterocycles. The van der Waals surface area contributed by atoms with Crippen LogP contribution >= 0.6 is 0 Å². The van der Waals surface area contributed by atoms with Crippen molar-refractivity contribution < 1.29 is 4.79 Å². The largest absolute Gasteiger partial charge is 0.301 e. The fraction of sp³-hybridized carbons (Fsp3) is 0.500. The monoisotopic (exact) mass is 152 g/mol. The first-order valence-electron chi connectivity index (χ1n) is 3.58. The number of aldehydes is 1. The molecule has 1 unspecified atom stereocenters. The van der Waals surface area contributed by atoms with E-state index in [1.54, 1.807) is 6.08 Å². The predicted molar refractivity (Wildman–Crippen MR) is 45.0 cm³/mol. The van der Waals surface area contributed by atoms with Crippen molar-refractivity contribution in [1.29, 1.82) is 0 Å². The zero-order chi connectivity index (χ0) is 8.27. The zero-order valence-corrected chi connectivity index (χ0v) is 6.82. The molecule has 11 heavy (non-hydrogen) atoms. The van der Waals surface area contributed by atoms with E-state index in [2.05, 4.69) is 9.89 Å². The van der Waals surface area contributed by atoms with Gasteiger partial charge >= 0.3 is 0 Å². The Morgan fingerprint density at radius 3 is 2.82 bits per heavy atom. The maximum atomic E-state index is 10.2. The van der Waals surface area contributed by atoms with Crippen LogP contribution in [0.2, 0.25) is 0 Å². The lowest BCUT2D eigenvalue weighted by atomic mass is 10.2. The summed E-state index contributed by atoms with van der Waals surface area (Å²) < 4.78 is 0. The summed E-state index contributed by atoms with van der Waals surface area (Å²) in [6.45, 7) is 0.692. The van der Waals surface area contributed by atoms with Crippen LogP contribution in [-0.2, 0) is 4.79 Å². The summed E-state index contributed by atoms with van der Waals surface area (Å²) in [6, 6.07) is 0.346. The number of hydrogen-bond donors (Lipinski definition) is 0. The molecule has 3 heteroatoms. The van der Waals surface area contributed by atoms with Gasteiger partial charge < -0.3 is 4.90 Å². The Bertz CT molecular complexity index is 206. The van der Waals surface area contributed by atoms with Crippen molar-refractivity contribution >= 4 is 12.0 Å². The predicted octanol–water partition coefficient (Wildman–Crippen LogP) is 0.126. The molecule has 1 aliphatic rings. The molecule has 0 amide bonds. The van der Waals surface area contributed by atoms with Crippen molar-refractivity contribution in [3.63, 3.8) is 0 Å². The van der Waals surface area contributed by atoms with Crippen molar-refractivity contribution in [2.75, 3.05) is 20.6 Å². The number of nitrogens with zero attached hydrogens (tertiary/aromatic N) is 2. The van der Waals surface area contributed by atoms with Crippen LogP contribution in [0, 0.1) is 0 Å². The van der Waals surface area contributed by atoms with E-state index in [0.29, 0.717) is 18.3 Å². The van der Waals surface area contributed by atoms with Crippen LogP contribution in [-0.4, -0.2) is 43.6 Å². The van der Waals surface area contributed by atoms with Crippen LogP contribution in [0.15, 0.2) is 17.1 Å². The summed E-state index contributed by atoms with van der Waals surface area (Å²) in [5, 5.41) is 0. The van der Waals surface area contributed by atoms with Crippen LogP contribution in [0.1, 0.15) is 0 Å². The van der Waals surface area contributed by atoms with Crippen LogP contribution in [0.3, 0.4) is 0 Å². The standard InChI is InChI=1S/C8H12N2O/c1-10(2)8-4-3-7(6-11)9-5-8/h3-4,6,8H,5H2,1-2H3. The highest BCUT2D eigenvalue weighted by atomic mass is 16.1. The zero-order valence-electron chi connectivity index (χ0n) is 6.82. The second-order valence-corrected chi connectivity index (χ2v) is 2.77. The van der Waals surface area contributed by atoms with Gasteiger partial charge in [-0.15, -0.1) is 0 Å². The second kappa shape index (κ2) is 3.44. The maximum absolute atomic E-state index is 10.2. The summed E-state index contributed by atoms with van der Waals surface area (Å²) >= 11 is 0. The summed E-state index contributed by atoms with van der Waals surface area (Å²) in [7, 11) is 3.99. The quantitative estimate of drug-likeness (QED) is 0.527. The molecule has 0 bridgehead atoms. The second-order valence-electron chi connectivity index (χ2n) is 2.77. The third-order valence-corrected chi connectivity index (χ3v) is 1.73. The molecule has 0 fully saturated rings. The molecular weight excluding hydrogens is 140 g/mol. The molecule has 0 aliphatic carbocycles. The van der Waals surface area contributed by atoms with Crippen molar-refractivity contribution in [2.24, 2.45) is 4.99 Å². The molecule has 0 radical (unpaired) electrons. The van der Waals surface area contributed by atoms with E-state index in [0.717, 1.165) is 6.29 Å². The SMILES string of the molecule is CN(C)C1C=CC(C=O)=NC1. The van der Waals surface area contributed by atoms with E-state index in [9.17, 15) is 4.79 Å².